The van der Waals surface area contributed by atoms with E-state index in [-0.39, 0.29) is 5.91 Å². The van der Waals surface area contributed by atoms with Crippen LogP contribution in [0.5, 0.6) is 0 Å². The van der Waals surface area contributed by atoms with Gasteiger partial charge in [0.05, 0.1) is 6.07 Å². The normalized spacial score (nSPS) is 27.4. The molecule has 1 amide bonds. The molecule has 0 aromatic carbocycles. The number of amides is 1. The summed E-state index contributed by atoms with van der Waals surface area (Å²) in [4.78, 5) is 15.0. The second kappa shape index (κ2) is 6.41. The monoisotopic (exact) mass is 262 g/mol. The number of hydrogen-bond acceptors (Lipinski definition) is 2. The maximum atomic E-state index is 12.9. The van der Waals surface area contributed by atoms with Gasteiger partial charge in [-0.3, -0.25) is 4.79 Å². The van der Waals surface area contributed by atoms with Crippen molar-refractivity contribution in [3.63, 3.8) is 0 Å². The van der Waals surface area contributed by atoms with E-state index < -0.39 is 5.41 Å². The molecule has 0 spiro atoms. The van der Waals surface area contributed by atoms with Crippen molar-refractivity contribution >= 4 is 5.91 Å². The van der Waals surface area contributed by atoms with Gasteiger partial charge in [-0.2, -0.15) is 5.26 Å². The molecule has 1 aliphatic heterocycles. The van der Waals surface area contributed by atoms with Crippen molar-refractivity contribution in [1.82, 2.24) is 4.90 Å². The third-order valence-electron chi connectivity index (χ3n) is 4.94. The molecule has 2 rings (SSSR count). The average Bonchev–Trinajstić information content (AvgIpc) is 2.72. The molecule has 3 nitrogen and oxygen atoms in total. The van der Waals surface area contributed by atoms with Gasteiger partial charge < -0.3 is 4.90 Å². The van der Waals surface area contributed by atoms with Crippen LogP contribution >= 0.6 is 0 Å². The first-order valence-electron chi connectivity index (χ1n) is 7.96. The molecule has 1 saturated heterocycles. The van der Waals surface area contributed by atoms with Crippen LogP contribution in [0, 0.1) is 16.7 Å². The lowest BCUT2D eigenvalue weighted by atomic mass is 9.74. The molecule has 0 bridgehead atoms. The summed E-state index contributed by atoms with van der Waals surface area (Å²) < 4.78 is 0. The lowest BCUT2D eigenvalue weighted by Gasteiger charge is -2.38. The highest BCUT2D eigenvalue weighted by atomic mass is 16.2. The summed E-state index contributed by atoms with van der Waals surface area (Å²) in [5.74, 6) is 0.142. The Balaban J connectivity index is 2.17. The van der Waals surface area contributed by atoms with Crippen molar-refractivity contribution in [1.29, 1.82) is 5.26 Å². The fraction of sp³-hybridized carbons (Fsp3) is 0.875. The molecule has 1 heterocycles. The van der Waals surface area contributed by atoms with Crippen molar-refractivity contribution < 1.29 is 4.79 Å². The van der Waals surface area contributed by atoms with Crippen molar-refractivity contribution in [2.45, 2.75) is 77.2 Å². The van der Waals surface area contributed by atoms with Gasteiger partial charge in [-0.15, -0.1) is 0 Å². The minimum atomic E-state index is -0.698. The molecular weight excluding hydrogens is 236 g/mol. The molecule has 2 fully saturated rings. The predicted octanol–water partition coefficient (Wildman–Crippen LogP) is 3.64. The maximum Gasteiger partial charge on any atom is 0.243 e. The van der Waals surface area contributed by atoms with E-state index in [4.69, 9.17) is 0 Å². The number of carbonyl (C=O) groups excluding carboxylic acids is 1. The van der Waals surface area contributed by atoms with Crippen molar-refractivity contribution in [2.24, 2.45) is 5.41 Å². The SMILES string of the molecule is CCC1CCCCCN1C(=O)C1(C#N)CCCCC1. The molecular formula is C16H26N2O. The third kappa shape index (κ3) is 2.94. The number of hydrogen-bond donors (Lipinski definition) is 0. The topological polar surface area (TPSA) is 44.1 Å². The van der Waals surface area contributed by atoms with Gasteiger partial charge in [-0.05, 0) is 32.1 Å². The van der Waals surface area contributed by atoms with Gasteiger partial charge in [0.25, 0.3) is 0 Å². The Morgan fingerprint density at radius 3 is 2.53 bits per heavy atom. The summed E-state index contributed by atoms with van der Waals surface area (Å²) in [5.41, 5.74) is -0.698. The quantitative estimate of drug-likeness (QED) is 0.762. The Labute approximate surface area is 117 Å². The van der Waals surface area contributed by atoms with E-state index >= 15 is 0 Å². The zero-order chi connectivity index (χ0) is 13.7. The second-order valence-corrected chi connectivity index (χ2v) is 6.16. The largest absolute Gasteiger partial charge is 0.338 e. The first-order chi connectivity index (χ1) is 9.23. The molecule has 3 heteroatoms. The van der Waals surface area contributed by atoms with Crippen LogP contribution in [0.2, 0.25) is 0 Å². The maximum absolute atomic E-state index is 12.9. The minimum Gasteiger partial charge on any atom is -0.338 e. The molecule has 0 N–H and O–H groups in total. The predicted molar refractivity (Wildman–Crippen MR) is 75.4 cm³/mol. The highest BCUT2D eigenvalue weighted by Gasteiger charge is 2.43. The van der Waals surface area contributed by atoms with Crippen LogP contribution in [0.4, 0.5) is 0 Å². The molecule has 1 saturated carbocycles. The van der Waals surface area contributed by atoms with Gasteiger partial charge in [0.1, 0.15) is 5.41 Å². The Kier molecular flexibility index (Phi) is 4.85. The molecule has 2 aliphatic rings. The van der Waals surface area contributed by atoms with Crippen molar-refractivity contribution in [3.8, 4) is 6.07 Å². The van der Waals surface area contributed by atoms with E-state index in [1.165, 1.54) is 19.3 Å². The van der Waals surface area contributed by atoms with Crippen LogP contribution < -0.4 is 0 Å². The first kappa shape index (κ1) is 14.4. The summed E-state index contributed by atoms with van der Waals surface area (Å²) in [6, 6.07) is 2.75. The summed E-state index contributed by atoms with van der Waals surface area (Å²) in [7, 11) is 0. The number of carbonyl (C=O) groups is 1. The first-order valence-corrected chi connectivity index (χ1v) is 7.96. The number of nitrogens with zero attached hydrogens (tertiary/aromatic N) is 2. The van der Waals surface area contributed by atoms with Gasteiger partial charge >= 0.3 is 0 Å². The van der Waals surface area contributed by atoms with E-state index in [0.29, 0.717) is 6.04 Å². The highest BCUT2D eigenvalue weighted by Crippen LogP contribution is 2.38. The van der Waals surface area contributed by atoms with E-state index in [1.807, 2.05) is 0 Å². The van der Waals surface area contributed by atoms with Crippen molar-refractivity contribution in [3.05, 3.63) is 0 Å². The van der Waals surface area contributed by atoms with E-state index in [0.717, 1.165) is 51.5 Å². The summed E-state index contributed by atoms with van der Waals surface area (Å²) in [6.45, 7) is 3.02. The zero-order valence-corrected chi connectivity index (χ0v) is 12.2. The number of rotatable bonds is 2. The van der Waals surface area contributed by atoms with Crippen LogP contribution in [0.25, 0.3) is 0 Å². The molecule has 1 aliphatic carbocycles. The molecule has 0 aromatic heterocycles. The van der Waals surface area contributed by atoms with Crippen LogP contribution in [0.1, 0.15) is 71.1 Å². The van der Waals surface area contributed by atoms with Gasteiger partial charge in [-0.25, -0.2) is 0 Å². The Bertz CT molecular complexity index is 352. The molecule has 19 heavy (non-hydrogen) atoms. The minimum absolute atomic E-state index is 0.142. The Morgan fingerprint density at radius 2 is 1.89 bits per heavy atom. The zero-order valence-electron chi connectivity index (χ0n) is 12.2. The smallest absolute Gasteiger partial charge is 0.243 e. The van der Waals surface area contributed by atoms with E-state index in [9.17, 15) is 10.1 Å². The van der Waals surface area contributed by atoms with E-state index in [2.05, 4.69) is 17.9 Å². The van der Waals surface area contributed by atoms with Crippen LogP contribution in [0.15, 0.2) is 0 Å². The Morgan fingerprint density at radius 1 is 1.21 bits per heavy atom. The lowest BCUT2D eigenvalue weighted by Crippen LogP contribution is -2.48. The molecule has 1 unspecified atom stereocenters. The van der Waals surface area contributed by atoms with E-state index in [1.54, 1.807) is 0 Å². The average molecular weight is 262 g/mol. The summed E-state index contributed by atoms with van der Waals surface area (Å²) in [6.07, 6.45) is 10.5. The third-order valence-corrected chi connectivity index (χ3v) is 4.94. The van der Waals surface area contributed by atoms with Crippen LogP contribution in [-0.2, 0) is 4.79 Å². The summed E-state index contributed by atoms with van der Waals surface area (Å²) >= 11 is 0. The molecule has 106 valence electrons. The fourth-order valence-electron chi connectivity index (χ4n) is 3.67. The van der Waals surface area contributed by atoms with Crippen LogP contribution in [-0.4, -0.2) is 23.4 Å². The molecule has 1 atom stereocenters. The Hall–Kier alpha value is -1.04. The van der Waals surface area contributed by atoms with Crippen molar-refractivity contribution in [2.75, 3.05) is 6.54 Å². The highest BCUT2D eigenvalue weighted by molar-refractivity contribution is 5.86. The second-order valence-electron chi connectivity index (χ2n) is 6.16. The standard InChI is InChI=1S/C16H26N2O/c1-2-14-9-5-3-8-12-18(14)15(19)16(13-17)10-6-4-7-11-16/h14H,2-12H2,1H3. The van der Waals surface area contributed by atoms with Gasteiger partial charge in [0, 0.05) is 12.6 Å². The van der Waals surface area contributed by atoms with Crippen LogP contribution in [0.3, 0.4) is 0 Å². The van der Waals surface area contributed by atoms with Gasteiger partial charge in [-0.1, -0.05) is 39.0 Å². The summed E-state index contributed by atoms with van der Waals surface area (Å²) in [5, 5.41) is 9.57. The number of nitriles is 1. The lowest BCUT2D eigenvalue weighted by molar-refractivity contribution is -0.143. The van der Waals surface area contributed by atoms with Gasteiger partial charge in [0.15, 0.2) is 0 Å². The van der Waals surface area contributed by atoms with Gasteiger partial charge in [0.2, 0.25) is 5.91 Å². The fourth-order valence-corrected chi connectivity index (χ4v) is 3.67. The molecule has 0 radical (unpaired) electrons. The number of likely N-dealkylation sites (tertiary alicyclic amines) is 1. The molecule has 0 aromatic rings.